The first-order valence-corrected chi connectivity index (χ1v) is 9.55. The van der Waals surface area contributed by atoms with Crippen LogP contribution in [0.1, 0.15) is 22.3 Å². The molecule has 28 heavy (non-hydrogen) atoms. The molecule has 0 atom stereocenters. The second kappa shape index (κ2) is 8.83. The Morgan fingerprint density at radius 1 is 0.357 bits per heavy atom. The van der Waals surface area contributed by atoms with Crippen LogP contribution in [0.2, 0.25) is 0 Å². The van der Waals surface area contributed by atoms with Crippen molar-refractivity contribution in [2.24, 2.45) is 0 Å². The Bertz CT molecular complexity index is 967. The van der Waals surface area contributed by atoms with Crippen LogP contribution in [0.3, 0.4) is 0 Å². The van der Waals surface area contributed by atoms with Gasteiger partial charge < -0.3 is 0 Å². The van der Waals surface area contributed by atoms with E-state index in [2.05, 4.69) is 133 Å². The summed E-state index contributed by atoms with van der Waals surface area (Å²) >= 11 is 0. The Morgan fingerprint density at radius 2 is 0.643 bits per heavy atom. The molecule has 0 unspecified atom stereocenters. The van der Waals surface area contributed by atoms with Crippen LogP contribution in [0.5, 0.6) is 0 Å². The van der Waals surface area contributed by atoms with Crippen LogP contribution in [-0.2, 0) is 0 Å². The topological polar surface area (TPSA) is 0 Å². The second-order valence-corrected chi connectivity index (χ2v) is 6.67. The van der Waals surface area contributed by atoms with Gasteiger partial charge in [-0.3, -0.25) is 0 Å². The van der Waals surface area contributed by atoms with Gasteiger partial charge >= 0.3 is 0 Å². The van der Waals surface area contributed by atoms with Crippen LogP contribution in [0.4, 0.5) is 0 Å². The van der Waals surface area contributed by atoms with Gasteiger partial charge in [-0.25, -0.2) is 0 Å². The van der Waals surface area contributed by atoms with Crippen molar-refractivity contribution in [2.45, 2.75) is 0 Å². The van der Waals surface area contributed by atoms with E-state index in [4.69, 9.17) is 0 Å². The summed E-state index contributed by atoms with van der Waals surface area (Å²) in [5, 5.41) is 0. The fraction of sp³-hybridized carbons (Fsp3) is 0. The highest BCUT2D eigenvalue weighted by Crippen LogP contribution is 2.34. The Hall–Kier alpha value is -3.64. The molecule has 134 valence electrons. The molecule has 0 bridgehead atoms. The molecule has 0 aromatic heterocycles. The first kappa shape index (κ1) is 17.8. The van der Waals surface area contributed by atoms with Crippen LogP contribution in [-0.4, -0.2) is 0 Å². The maximum Gasteiger partial charge on any atom is -0.00992 e. The van der Waals surface area contributed by atoms with E-state index in [1.807, 2.05) is 0 Å². The molecule has 4 rings (SSSR count). The molecule has 0 saturated heterocycles. The van der Waals surface area contributed by atoms with Gasteiger partial charge in [0.15, 0.2) is 0 Å². The van der Waals surface area contributed by atoms with E-state index >= 15 is 0 Å². The average molecular weight is 358 g/mol. The minimum absolute atomic E-state index is 1.19. The molecular formula is C28H22. The molecule has 0 heteroatoms. The quantitative estimate of drug-likeness (QED) is 0.256. The molecule has 0 aliphatic rings. The molecule has 4 aromatic rings. The number of hydrogen-bond acceptors (Lipinski definition) is 0. The van der Waals surface area contributed by atoms with Crippen LogP contribution in [0.25, 0.3) is 23.3 Å². The molecule has 0 fully saturated rings. The predicted octanol–water partition coefficient (Wildman–Crippen LogP) is 7.47. The van der Waals surface area contributed by atoms with E-state index in [-0.39, 0.29) is 0 Å². The first-order chi connectivity index (χ1) is 13.9. The number of allylic oxidation sites excluding steroid dienone is 2. The zero-order valence-electron chi connectivity index (χ0n) is 15.7. The van der Waals surface area contributed by atoms with Gasteiger partial charge in [0, 0.05) is 0 Å². The Labute approximate surface area is 167 Å². The van der Waals surface area contributed by atoms with E-state index < -0.39 is 0 Å². The zero-order chi connectivity index (χ0) is 19.0. The molecule has 0 aliphatic carbocycles. The maximum absolute atomic E-state index is 2.27. The summed E-state index contributed by atoms with van der Waals surface area (Å²) in [7, 11) is 0. The van der Waals surface area contributed by atoms with Gasteiger partial charge in [-0.2, -0.15) is 0 Å². The lowest BCUT2D eigenvalue weighted by atomic mass is 9.89. The van der Waals surface area contributed by atoms with Gasteiger partial charge in [0.2, 0.25) is 0 Å². The summed E-state index contributed by atoms with van der Waals surface area (Å²) in [6.45, 7) is 0. The van der Waals surface area contributed by atoms with Crippen molar-refractivity contribution in [3.8, 4) is 0 Å². The van der Waals surface area contributed by atoms with Gasteiger partial charge in [0.05, 0.1) is 0 Å². The molecule has 0 N–H and O–H groups in total. The van der Waals surface area contributed by atoms with E-state index in [9.17, 15) is 0 Å². The van der Waals surface area contributed by atoms with Crippen molar-refractivity contribution >= 4 is 23.3 Å². The minimum Gasteiger partial charge on any atom is -0.0622 e. The van der Waals surface area contributed by atoms with Crippen molar-refractivity contribution in [3.63, 3.8) is 0 Å². The fourth-order valence-electron chi connectivity index (χ4n) is 3.30. The van der Waals surface area contributed by atoms with E-state index in [1.54, 1.807) is 0 Å². The fourth-order valence-corrected chi connectivity index (χ4v) is 3.30. The highest BCUT2D eigenvalue weighted by molar-refractivity contribution is 6.15. The van der Waals surface area contributed by atoms with Crippen LogP contribution >= 0.6 is 0 Å². The SMILES string of the molecule is C(=C(/C(=C\c1ccccc1)c1ccccc1)c1ccccc1)/c1ccccc1. The largest absolute Gasteiger partial charge is 0.0622 e. The summed E-state index contributed by atoms with van der Waals surface area (Å²) in [5.41, 5.74) is 7.21. The van der Waals surface area contributed by atoms with Gasteiger partial charge in [0.1, 0.15) is 0 Å². The summed E-state index contributed by atoms with van der Waals surface area (Å²) in [6, 6.07) is 42.2. The van der Waals surface area contributed by atoms with Crippen LogP contribution < -0.4 is 0 Å². The van der Waals surface area contributed by atoms with Gasteiger partial charge in [-0.15, -0.1) is 0 Å². The first-order valence-electron chi connectivity index (χ1n) is 9.55. The molecule has 4 aromatic carbocycles. The third-order valence-corrected chi connectivity index (χ3v) is 4.68. The molecule has 0 spiro atoms. The smallest absolute Gasteiger partial charge is 0.00992 e. The normalized spacial score (nSPS) is 12.0. The molecule has 0 amide bonds. The summed E-state index contributed by atoms with van der Waals surface area (Å²) in [5.74, 6) is 0. The van der Waals surface area contributed by atoms with Gasteiger partial charge in [0.25, 0.3) is 0 Å². The van der Waals surface area contributed by atoms with Crippen LogP contribution in [0.15, 0.2) is 121 Å². The number of rotatable bonds is 5. The summed E-state index contributed by atoms with van der Waals surface area (Å²) in [4.78, 5) is 0. The maximum atomic E-state index is 2.27. The second-order valence-electron chi connectivity index (χ2n) is 6.67. The molecule has 0 nitrogen and oxygen atoms in total. The zero-order valence-corrected chi connectivity index (χ0v) is 15.7. The number of hydrogen-bond donors (Lipinski definition) is 0. The van der Waals surface area contributed by atoms with Crippen molar-refractivity contribution in [1.82, 2.24) is 0 Å². The third kappa shape index (κ3) is 4.36. The standard InChI is InChI=1S/C28H22/c1-5-13-23(14-6-1)21-27(25-17-9-3-10-18-25)28(26-19-11-4-12-20-26)22-24-15-7-2-8-16-24/h1-22H/b27-21-,28-22-. The molecule has 0 heterocycles. The molecule has 0 radical (unpaired) electrons. The monoisotopic (exact) mass is 358 g/mol. The lowest BCUT2D eigenvalue weighted by molar-refractivity contribution is 1.58. The lowest BCUT2D eigenvalue weighted by Gasteiger charge is -2.15. The van der Waals surface area contributed by atoms with Crippen molar-refractivity contribution in [1.29, 1.82) is 0 Å². The van der Waals surface area contributed by atoms with Crippen LogP contribution in [0, 0.1) is 0 Å². The van der Waals surface area contributed by atoms with Crippen molar-refractivity contribution in [3.05, 3.63) is 144 Å². The van der Waals surface area contributed by atoms with E-state index in [0.717, 1.165) is 0 Å². The predicted molar refractivity (Wildman–Crippen MR) is 122 cm³/mol. The summed E-state index contributed by atoms with van der Waals surface area (Å²) in [6.07, 6.45) is 4.55. The molecule has 0 aliphatic heterocycles. The highest BCUT2D eigenvalue weighted by atomic mass is 14.1. The third-order valence-electron chi connectivity index (χ3n) is 4.68. The lowest BCUT2D eigenvalue weighted by Crippen LogP contribution is -1.92. The van der Waals surface area contributed by atoms with Crippen molar-refractivity contribution < 1.29 is 0 Å². The van der Waals surface area contributed by atoms with Gasteiger partial charge in [-0.05, 0) is 45.6 Å². The Kier molecular flexibility index (Phi) is 5.60. The highest BCUT2D eigenvalue weighted by Gasteiger charge is 2.11. The Morgan fingerprint density at radius 3 is 0.964 bits per heavy atom. The minimum atomic E-state index is 1.19. The summed E-state index contributed by atoms with van der Waals surface area (Å²) < 4.78 is 0. The molecule has 0 saturated carbocycles. The average Bonchev–Trinajstić information content (AvgIpc) is 2.79. The van der Waals surface area contributed by atoms with E-state index in [1.165, 1.54) is 33.4 Å². The van der Waals surface area contributed by atoms with Gasteiger partial charge in [-0.1, -0.05) is 121 Å². The van der Waals surface area contributed by atoms with E-state index in [0.29, 0.717) is 0 Å². The number of benzene rings is 4. The Balaban J connectivity index is 1.94. The molecular weight excluding hydrogens is 336 g/mol. The van der Waals surface area contributed by atoms with Crippen molar-refractivity contribution in [2.75, 3.05) is 0 Å².